The van der Waals surface area contributed by atoms with Gasteiger partial charge in [-0.05, 0) is 17.7 Å². The number of rotatable bonds is 2. The summed E-state index contributed by atoms with van der Waals surface area (Å²) >= 11 is 0. The Morgan fingerprint density at radius 1 is 1.19 bits per heavy atom. The number of pyridine rings is 1. The molecule has 2 aromatic rings. The minimum absolute atomic E-state index is 0.185. The summed E-state index contributed by atoms with van der Waals surface area (Å²) in [5.41, 5.74) is 0.734. The molecule has 0 fully saturated rings. The highest BCUT2D eigenvalue weighted by Crippen LogP contribution is 2.18. The van der Waals surface area contributed by atoms with Gasteiger partial charge in [-0.2, -0.15) is 0 Å². The number of hydrogen-bond donors (Lipinski definition) is 2. The van der Waals surface area contributed by atoms with Crippen molar-refractivity contribution in [2.24, 2.45) is 0 Å². The molecule has 4 heteroatoms. The molecule has 0 aliphatic heterocycles. The summed E-state index contributed by atoms with van der Waals surface area (Å²) in [5.74, 6) is -0.363. The molecule has 82 valence electrons. The number of halogens is 1. The van der Waals surface area contributed by atoms with Crippen LogP contribution in [0.15, 0.2) is 47.4 Å². The number of hydrogen-bond acceptors (Lipinski definition) is 2. The average molecular weight is 219 g/mol. The fraction of sp³-hybridized carbons (Fsp3) is 0.0833. The van der Waals surface area contributed by atoms with Crippen molar-refractivity contribution in [3.8, 4) is 0 Å². The monoisotopic (exact) mass is 219 g/mol. The molecule has 1 aromatic heterocycles. The number of aliphatic hydroxyl groups is 1. The number of H-pyrrole nitrogens is 1. The van der Waals surface area contributed by atoms with Gasteiger partial charge in [0.15, 0.2) is 5.43 Å². The molecule has 0 amide bonds. The highest BCUT2D eigenvalue weighted by Gasteiger charge is 2.10. The van der Waals surface area contributed by atoms with Crippen LogP contribution in [-0.4, -0.2) is 10.1 Å². The molecule has 1 atom stereocenters. The maximum absolute atomic E-state index is 12.7. The van der Waals surface area contributed by atoms with Gasteiger partial charge in [-0.3, -0.25) is 4.79 Å². The van der Waals surface area contributed by atoms with E-state index in [1.807, 2.05) is 0 Å². The van der Waals surface area contributed by atoms with Crippen molar-refractivity contribution >= 4 is 0 Å². The van der Waals surface area contributed by atoms with Crippen molar-refractivity contribution in [2.75, 3.05) is 0 Å². The molecule has 0 radical (unpaired) electrons. The lowest BCUT2D eigenvalue weighted by molar-refractivity contribution is 0.215. The fourth-order valence-electron chi connectivity index (χ4n) is 1.45. The summed E-state index contributed by atoms with van der Waals surface area (Å²) in [4.78, 5) is 13.9. The third-order valence-corrected chi connectivity index (χ3v) is 2.28. The van der Waals surface area contributed by atoms with Crippen molar-refractivity contribution in [2.45, 2.75) is 6.10 Å². The van der Waals surface area contributed by atoms with E-state index < -0.39 is 6.10 Å². The second-order valence-electron chi connectivity index (χ2n) is 3.43. The summed E-state index contributed by atoms with van der Waals surface area (Å²) in [5, 5.41) is 9.91. The Hall–Kier alpha value is -1.94. The van der Waals surface area contributed by atoms with Gasteiger partial charge in [0.05, 0.1) is 5.69 Å². The number of aliphatic hydroxyl groups excluding tert-OH is 1. The Labute approximate surface area is 91.2 Å². The van der Waals surface area contributed by atoms with Crippen LogP contribution < -0.4 is 5.43 Å². The molecular formula is C12H10FNO2. The number of benzene rings is 1. The number of aromatic nitrogens is 1. The molecule has 0 aliphatic rings. The van der Waals surface area contributed by atoms with E-state index in [0.717, 1.165) is 0 Å². The Bertz CT molecular complexity index is 533. The van der Waals surface area contributed by atoms with Gasteiger partial charge >= 0.3 is 0 Å². The Morgan fingerprint density at radius 3 is 2.50 bits per heavy atom. The van der Waals surface area contributed by atoms with Gasteiger partial charge in [-0.1, -0.05) is 12.1 Å². The normalized spacial score (nSPS) is 12.4. The average Bonchev–Trinajstić information content (AvgIpc) is 2.29. The van der Waals surface area contributed by atoms with E-state index in [-0.39, 0.29) is 11.2 Å². The predicted octanol–water partition coefficient (Wildman–Crippen LogP) is 1.60. The Balaban J connectivity index is 2.35. The van der Waals surface area contributed by atoms with Crippen LogP contribution in [0.25, 0.3) is 0 Å². The Morgan fingerprint density at radius 2 is 1.88 bits per heavy atom. The van der Waals surface area contributed by atoms with E-state index in [4.69, 9.17) is 0 Å². The van der Waals surface area contributed by atoms with Gasteiger partial charge in [0, 0.05) is 18.3 Å². The van der Waals surface area contributed by atoms with E-state index in [1.54, 1.807) is 0 Å². The Kier molecular flexibility index (Phi) is 2.83. The van der Waals surface area contributed by atoms with E-state index >= 15 is 0 Å². The standard InChI is InChI=1S/C12H10FNO2/c13-9-3-1-8(2-4-9)12(16)11-7-10(15)5-6-14-11/h1-7,12,16H,(H,14,15)/t12-/m0/s1. The molecule has 16 heavy (non-hydrogen) atoms. The summed E-state index contributed by atoms with van der Waals surface area (Å²) in [7, 11) is 0. The molecule has 0 unspecified atom stereocenters. The van der Waals surface area contributed by atoms with Gasteiger partial charge in [0.25, 0.3) is 0 Å². The van der Waals surface area contributed by atoms with Crippen molar-refractivity contribution in [3.05, 3.63) is 69.9 Å². The zero-order valence-electron chi connectivity index (χ0n) is 8.35. The van der Waals surface area contributed by atoms with Crippen LogP contribution in [0.5, 0.6) is 0 Å². The zero-order valence-corrected chi connectivity index (χ0v) is 8.35. The van der Waals surface area contributed by atoms with E-state index in [1.165, 1.54) is 42.6 Å². The SMILES string of the molecule is O=c1cc[nH]c([C@@H](O)c2ccc(F)cc2)c1. The van der Waals surface area contributed by atoms with E-state index in [2.05, 4.69) is 4.98 Å². The van der Waals surface area contributed by atoms with Crippen LogP contribution in [0, 0.1) is 5.82 Å². The fourth-order valence-corrected chi connectivity index (χ4v) is 1.45. The largest absolute Gasteiger partial charge is 0.382 e. The first-order valence-electron chi connectivity index (χ1n) is 4.79. The molecule has 2 rings (SSSR count). The first kappa shape index (κ1) is 10.6. The van der Waals surface area contributed by atoms with Crippen molar-refractivity contribution in [1.29, 1.82) is 0 Å². The minimum Gasteiger partial charge on any atom is -0.382 e. The van der Waals surface area contributed by atoms with Crippen LogP contribution in [0.1, 0.15) is 17.4 Å². The van der Waals surface area contributed by atoms with Crippen molar-refractivity contribution < 1.29 is 9.50 Å². The third kappa shape index (κ3) is 2.17. The first-order valence-corrected chi connectivity index (χ1v) is 4.79. The van der Waals surface area contributed by atoms with Crippen molar-refractivity contribution in [3.63, 3.8) is 0 Å². The van der Waals surface area contributed by atoms with Crippen LogP contribution in [0.2, 0.25) is 0 Å². The lowest BCUT2D eigenvalue weighted by Gasteiger charge is -2.10. The van der Waals surface area contributed by atoms with Gasteiger partial charge in [-0.25, -0.2) is 4.39 Å². The smallest absolute Gasteiger partial charge is 0.181 e. The highest BCUT2D eigenvalue weighted by atomic mass is 19.1. The van der Waals surface area contributed by atoms with Gasteiger partial charge in [0.2, 0.25) is 0 Å². The lowest BCUT2D eigenvalue weighted by Crippen LogP contribution is -2.07. The van der Waals surface area contributed by atoms with Gasteiger partial charge < -0.3 is 10.1 Å². The molecule has 0 saturated carbocycles. The van der Waals surface area contributed by atoms with Crippen LogP contribution in [0.3, 0.4) is 0 Å². The van der Waals surface area contributed by atoms with Crippen molar-refractivity contribution in [1.82, 2.24) is 4.98 Å². The van der Waals surface area contributed by atoms with Gasteiger partial charge in [0.1, 0.15) is 11.9 Å². The highest BCUT2D eigenvalue weighted by molar-refractivity contribution is 5.25. The molecule has 2 N–H and O–H groups in total. The van der Waals surface area contributed by atoms with Gasteiger partial charge in [-0.15, -0.1) is 0 Å². The predicted molar refractivity (Wildman–Crippen MR) is 57.5 cm³/mol. The molecule has 0 bridgehead atoms. The van der Waals surface area contributed by atoms with E-state index in [0.29, 0.717) is 11.3 Å². The lowest BCUT2D eigenvalue weighted by atomic mass is 10.1. The maximum Gasteiger partial charge on any atom is 0.181 e. The summed E-state index contributed by atoms with van der Waals surface area (Å²) in [6.07, 6.45) is 0.513. The molecular weight excluding hydrogens is 209 g/mol. The third-order valence-electron chi connectivity index (χ3n) is 2.28. The molecule has 3 nitrogen and oxygen atoms in total. The second kappa shape index (κ2) is 4.28. The quantitative estimate of drug-likeness (QED) is 0.806. The van der Waals surface area contributed by atoms with Crippen LogP contribution in [0.4, 0.5) is 4.39 Å². The molecule has 1 heterocycles. The topological polar surface area (TPSA) is 53.1 Å². The summed E-state index contributed by atoms with van der Waals surface area (Å²) in [6, 6.07) is 8.16. The molecule has 0 aliphatic carbocycles. The van der Waals surface area contributed by atoms with Crippen LogP contribution in [-0.2, 0) is 0 Å². The summed E-state index contributed by atoms with van der Waals surface area (Å²) in [6.45, 7) is 0. The zero-order chi connectivity index (χ0) is 11.5. The minimum atomic E-state index is -0.950. The maximum atomic E-state index is 12.7. The molecule has 1 aromatic carbocycles. The van der Waals surface area contributed by atoms with Crippen LogP contribution >= 0.6 is 0 Å². The van der Waals surface area contributed by atoms with E-state index in [9.17, 15) is 14.3 Å². The molecule has 0 saturated heterocycles. The second-order valence-corrected chi connectivity index (χ2v) is 3.43. The first-order chi connectivity index (χ1) is 7.66. The number of nitrogens with one attached hydrogen (secondary N) is 1. The molecule has 0 spiro atoms. The number of aromatic amines is 1. The summed E-state index contributed by atoms with van der Waals surface area (Å²) < 4.78 is 12.7.